The van der Waals surface area contributed by atoms with E-state index < -0.39 is 0 Å². The molecule has 2 N–H and O–H groups in total. The van der Waals surface area contributed by atoms with Gasteiger partial charge in [0.1, 0.15) is 5.75 Å². The van der Waals surface area contributed by atoms with Gasteiger partial charge in [0.2, 0.25) is 0 Å². The number of nitrogens with zero attached hydrogens (tertiary/aromatic N) is 2. The number of aliphatic hydroxyl groups is 1. The van der Waals surface area contributed by atoms with Gasteiger partial charge in [-0.1, -0.05) is 0 Å². The van der Waals surface area contributed by atoms with Crippen molar-refractivity contribution >= 4 is 5.91 Å². The van der Waals surface area contributed by atoms with Crippen molar-refractivity contribution in [2.45, 2.75) is 32.7 Å². The first-order valence-electron chi connectivity index (χ1n) is 7.68. The Labute approximate surface area is 136 Å². The molecule has 0 bridgehead atoms. The second-order valence-corrected chi connectivity index (χ2v) is 5.52. The average Bonchev–Trinajstić information content (AvgIpc) is 2.95. The van der Waals surface area contributed by atoms with E-state index in [-0.39, 0.29) is 18.6 Å². The highest BCUT2D eigenvalue weighted by Crippen LogP contribution is 2.17. The molecule has 1 aromatic heterocycles. The Kier molecular flexibility index (Phi) is 5.76. The van der Waals surface area contributed by atoms with Crippen LogP contribution in [0.15, 0.2) is 30.3 Å². The zero-order valence-electron chi connectivity index (χ0n) is 13.7. The van der Waals surface area contributed by atoms with Crippen LogP contribution in [0.25, 0.3) is 5.69 Å². The lowest BCUT2D eigenvalue weighted by Gasteiger charge is -2.11. The zero-order chi connectivity index (χ0) is 16.8. The third-order valence-electron chi connectivity index (χ3n) is 3.61. The van der Waals surface area contributed by atoms with Crippen molar-refractivity contribution in [2.75, 3.05) is 13.7 Å². The fourth-order valence-electron chi connectivity index (χ4n) is 2.34. The number of ether oxygens (including phenoxy) is 1. The van der Waals surface area contributed by atoms with E-state index in [1.165, 1.54) is 0 Å². The molecule has 1 aromatic carbocycles. The van der Waals surface area contributed by atoms with E-state index in [9.17, 15) is 4.79 Å². The molecule has 0 aliphatic heterocycles. The fourth-order valence-corrected chi connectivity index (χ4v) is 2.34. The number of aliphatic hydroxyl groups excluding tert-OH is 1. The number of carbonyl (C=O) groups excluding carboxylic acids is 1. The number of rotatable bonds is 7. The lowest BCUT2D eigenvalue weighted by molar-refractivity contribution is 0.0931. The SMILES string of the molecule is COc1ccc(-n2nc(C(=O)NC(C)CCCO)cc2C)cc1. The second kappa shape index (κ2) is 7.78. The summed E-state index contributed by atoms with van der Waals surface area (Å²) in [5.41, 5.74) is 2.13. The maximum Gasteiger partial charge on any atom is 0.272 e. The minimum atomic E-state index is -0.203. The molecule has 0 aliphatic carbocycles. The largest absolute Gasteiger partial charge is 0.497 e. The Balaban J connectivity index is 2.12. The van der Waals surface area contributed by atoms with Crippen molar-refractivity contribution in [3.8, 4) is 11.4 Å². The Bertz CT molecular complexity index is 650. The predicted molar refractivity (Wildman–Crippen MR) is 88.1 cm³/mol. The number of benzene rings is 1. The zero-order valence-corrected chi connectivity index (χ0v) is 13.7. The highest BCUT2D eigenvalue weighted by atomic mass is 16.5. The van der Waals surface area contributed by atoms with E-state index in [4.69, 9.17) is 9.84 Å². The van der Waals surface area contributed by atoms with Crippen LogP contribution in [0.2, 0.25) is 0 Å². The van der Waals surface area contributed by atoms with Gasteiger partial charge in [0.05, 0.1) is 12.8 Å². The highest BCUT2D eigenvalue weighted by molar-refractivity contribution is 5.92. The van der Waals surface area contributed by atoms with Gasteiger partial charge in [-0.3, -0.25) is 4.79 Å². The molecule has 1 atom stereocenters. The quantitative estimate of drug-likeness (QED) is 0.820. The molecule has 0 saturated heterocycles. The summed E-state index contributed by atoms with van der Waals surface area (Å²) in [6, 6.07) is 9.26. The second-order valence-electron chi connectivity index (χ2n) is 5.52. The summed E-state index contributed by atoms with van der Waals surface area (Å²) in [5, 5.41) is 16.1. The van der Waals surface area contributed by atoms with Crippen LogP contribution in [-0.4, -0.2) is 40.6 Å². The van der Waals surface area contributed by atoms with E-state index in [1.807, 2.05) is 38.1 Å². The molecule has 2 rings (SSSR count). The topological polar surface area (TPSA) is 76.4 Å². The van der Waals surface area contributed by atoms with Crippen LogP contribution in [-0.2, 0) is 0 Å². The summed E-state index contributed by atoms with van der Waals surface area (Å²) in [6.45, 7) is 3.95. The minimum Gasteiger partial charge on any atom is -0.497 e. The number of nitrogens with one attached hydrogen (secondary N) is 1. The number of hydrogen-bond acceptors (Lipinski definition) is 4. The monoisotopic (exact) mass is 317 g/mol. The predicted octanol–water partition coefficient (Wildman–Crippen LogP) is 2.08. The van der Waals surface area contributed by atoms with Crippen molar-refractivity contribution in [2.24, 2.45) is 0 Å². The molecule has 0 fully saturated rings. The molecular formula is C17H23N3O3. The molecule has 1 amide bonds. The number of carbonyl (C=O) groups is 1. The van der Waals surface area contributed by atoms with E-state index in [0.29, 0.717) is 12.1 Å². The van der Waals surface area contributed by atoms with Crippen LogP contribution in [0.4, 0.5) is 0 Å². The van der Waals surface area contributed by atoms with Gasteiger partial charge in [0.15, 0.2) is 5.69 Å². The molecule has 23 heavy (non-hydrogen) atoms. The van der Waals surface area contributed by atoms with E-state index in [0.717, 1.165) is 23.6 Å². The molecule has 0 spiro atoms. The van der Waals surface area contributed by atoms with Crippen LogP contribution in [0.1, 0.15) is 35.9 Å². The number of methoxy groups -OCH3 is 1. The normalized spacial score (nSPS) is 12.0. The van der Waals surface area contributed by atoms with Crippen LogP contribution in [0.3, 0.4) is 0 Å². The van der Waals surface area contributed by atoms with Gasteiger partial charge in [0.25, 0.3) is 5.91 Å². The van der Waals surface area contributed by atoms with Gasteiger partial charge >= 0.3 is 0 Å². The summed E-state index contributed by atoms with van der Waals surface area (Å²) in [7, 11) is 1.62. The van der Waals surface area contributed by atoms with Gasteiger partial charge in [-0.2, -0.15) is 5.10 Å². The lowest BCUT2D eigenvalue weighted by atomic mass is 10.2. The molecule has 2 aromatic rings. The third-order valence-corrected chi connectivity index (χ3v) is 3.61. The fraction of sp³-hybridized carbons (Fsp3) is 0.412. The first-order chi connectivity index (χ1) is 11.0. The molecule has 0 aliphatic rings. The van der Waals surface area contributed by atoms with Gasteiger partial charge in [0, 0.05) is 18.3 Å². The van der Waals surface area contributed by atoms with Crippen LogP contribution >= 0.6 is 0 Å². The number of hydrogen-bond donors (Lipinski definition) is 2. The average molecular weight is 317 g/mol. The van der Waals surface area contributed by atoms with E-state index in [2.05, 4.69) is 10.4 Å². The molecular weight excluding hydrogens is 294 g/mol. The van der Waals surface area contributed by atoms with E-state index >= 15 is 0 Å². The molecule has 0 saturated carbocycles. The Morgan fingerprint density at radius 2 is 2.09 bits per heavy atom. The molecule has 6 heteroatoms. The summed E-state index contributed by atoms with van der Waals surface area (Å²) in [6.07, 6.45) is 1.40. The lowest BCUT2D eigenvalue weighted by Crippen LogP contribution is -2.33. The minimum absolute atomic E-state index is 0.00101. The first kappa shape index (κ1) is 17.0. The maximum absolute atomic E-state index is 12.2. The van der Waals surface area contributed by atoms with Crippen molar-refractivity contribution in [3.63, 3.8) is 0 Å². The Morgan fingerprint density at radius 3 is 2.70 bits per heavy atom. The van der Waals surface area contributed by atoms with Crippen molar-refractivity contribution in [3.05, 3.63) is 41.7 Å². The number of aromatic nitrogens is 2. The molecule has 1 unspecified atom stereocenters. The third kappa shape index (κ3) is 4.32. The van der Waals surface area contributed by atoms with Crippen LogP contribution in [0.5, 0.6) is 5.75 Å². The summed E-state index contributed by atoms with van der Waals surface area (Å²) in [4.78, 5) is 12.2. The Morgan fingerprint density at radius 1 is 1.39 bits per heavy atom. The maximum atomic E-state index is 12.2. The van der Waals surface area contributed by atoms with Gasteiger partial charge in [-0.05, 0) is 57.0 Å². The molecule has 6 nitrogen and oxygen atoms in total. The number of amides is 1. The molecule has 0 radical (unpaired) electrons. The van der Waals surface area contributed by atoms with Crippen molar-refractivity contribution < 1.29 is 14.6 Å². The van der Waals surface area contributed by atoms with E-state index in [1.54, 1.807) is 17.9 Å². The molecule has 124 valence electrons. The standard InChI is InChI=1S/C17H23N3O3/c1-12(5-4-10-21)18-17(22)16-11-13(2)20(19-16)14-6-8-15(23-3)9-7-14/h6-9,11-12,21H,4-5,10H2,1-3H3,(H,18,22). The summed E-state index contributed by atoms with van der Waals surface area (Å²) < 4.78 is 6.87. The summed E-state index contributed by atoms with van der Waals surface area (Å²) >= 11 is 0. The van der Waals surface area contributed by atoms with Gasteiger partial charge < -0.3 is 15.2 Å². The molecule has 1 heterocycles. The Hall–Kier alpha value is -2.34. The van der Waals surface area contributed by atoms with Crippen LogP contribution in [0, 0.1) is 6.92 Å². The summed E-state index contributed by atoms with van der Waals surface area (Å²) in [5.74, 6) is 0.569. The smallest absolute Gasteiger partial charge is 0.272 e. The van der Waals surface area contributed by atoms with Gasteiger partial charge in [-0.15, -0.1) is 0 Å². The van der Waals surface area contributed by atoms with Crippen molar-refractivity contribution in [1.29, 1.82) is 0 Å². The highest BCUT2D eigenvalue weighted by Gasteiger charge is 2.15. The van der Waals surface area contributed by atoms with Crippen molar-refractivity contribution in [1.82, 2.24) is 15.1 Å². The first-order valence-corrected chi connectivity index (χ1v) is 7.68. The van der Waals surface area contributed by atoms with Crippen LogP contribution < -0.4 is 10.1 Å². The number of aryl methyl sites for hydroxylation is 1. The van der Waals surface area contributed by atoms with Gasteiger partial charge in [-0.25, -0.2) is 4.68 Å².